The third-order valence-electron chi connectivity index (χ3n) is 3.61. The minimum atomic E-state index is 1.15. The van der Waals surface area contributed by atoms with Gasteiger partial charge in [-0.1, -0.05) is 87.4 Å². The zero-order chi connectivity index (χ0) is 14.2. The highest BCUT2D eigenvalue weighted by atomic mass is 14.1. The van der Waals surface area contributed by atoms with Crippen LogP contribution in [0.1, 0.15) is 50.7 Å². The molecule has 0 heterocycles. The van der Waals surface area contributed by atoms with E-state index in [0.29, 0.717) is 0 Å². The Balaban J connectivity index is 2.54. The Kier molecular flexibility index (Phi) is 5.61. The van der Waals surface area contributed by atoms with E-state index in [1.807, 2.05) is 0 Å². The summed E-state index contributed by atoms with van der Waals surface area (Å²) in [5, 5.41) is 0. The first-order valence-corrected chi connectivity index (χ1v) is 7.69. The zero-order valence-electron chi connectivity index (χ0n) is 12.6. The van der Waals surface area contributed by atoms with E-state index >= 15 is 0 Å². The second-order valence-electron chi connectivity index (χ2n) is 5.19. The standard InChI is InChI=1S/C20H24/c1-3-11-19(17-13-7-5-8-14-17)20(12-4-2)18-15-9-6-10-16-18/h5-10,13-16H,3-4,11-12H2,1-2H3/b20-19-. The molecule has 0 aliphatic heterocycles. The van der Waals surface area contributed by atoms with Crippen LogP contribution in [-0.2, 0) is 0 Å². The minimum absolute atomic E-state index is 1.15. The molecular formula is C20H24. The van der Waals surface area contributed by atoms with Crippen LogP contribution in [0, 0.1) is 0 Å². The molecule has 2 aromatic carbocycles. The molecule has 0 saturated heterocycles. The summed E-state index contributed by atoms with van der Waals surface area (Å²) in [7, 11) is 0. The Bertz CT molecular complexity index is 483. The van der Waals surface area contributed by atoms with Gasteiger partial charge in [-0.2, -0.15) is 0 Å². The second kappa shape index (κ2) is 7.69. The summed E-state index contributed by atoms with van der Waals surface area (Å²) in [6, 6.07) is 21.7. The van der Waals surface area contributed by atoms with Gasteiger partial charge >= 0.3 is 0 Å². The van der Waals surface area contributed by atoms with E-state index in [1.54, 1.807) is 0 Å². The van der Waals surface area contributed by atoms with Gasteiger partial charge in [-0.25, -0.2) is 0 Å². The summed E-state index contributed by atoms with van der Waals surface area (Å²) in [5.74, 6) is 0. The van der Waals surface area contributed by atoms with Crippen LogP contribution in [0.25, 0.3) is 11.1 Å². The topological polar surface area (TPSA) is 0 Å². The van der Waals surface area contributed by atoms with Crippen LogP contribution in [0.5, 0.6) is 0 Å². The van der Waals surface area contributed by atoms with Gasteiger partial charge in [-0.3, -0.25) is 0 Å². The van der Waals surface area contributed by atoms with E-state index in [4.69, 9.17) is 0 Å². The lowest BCUT2D eigenvalue weighted by Crippen LogP contribution is -1.93. The lowest BCUT2D eigenvalue weighted by molar-refractivity contribution is 0.945. The lowest BCUT2D eigenvalue weighted by atomic mass is 9.89. The van der Waals surface area contributed by atoms with Crippen molar-refractivity contribution in [3.05, 3.63) is 71.8 Å². The summed E-state index contributed by atoms with van der Waals surface area (Å²) in [5.41, 5.74) is 5.78. The maximum Gasteiger partial charge on any atom is -0.0222 e. The van der Waals surface area contributed by atoms with Crippen LogP contribution in [0.2, 0.25) is 0 Å². The van der Waals surface area contributed by atoms with E-state index in [1.165, 1.54) is 35.1 Å². The number of benzene rings is 2. The molecule has 0 heteroatoms. The molecule has 0 unspecified atom stereocenters. The molecule has 0 saturated carbocycles. The SMILES string of the molecule is CCC/C(=C(\CCC)c1ccccc1)c1ccccc1. The van der Waals surface area contributed by atoms with Crippen molar-refractivity contribution in [2.45, 2.75) is 39.5 Å². The molecule has 0 N–H and O–H groups in total. The summed E-state index contributed by atoms with van der Waals surface area (Å²) < 4.78 is 0. The van der Waals surface area contributed by atoms with Crippen LogP contribution < -0.4 is 0 Å². The Morgan fingerprint density at radius 3 is 1.25 bits per heavy atom. The normalized spacial score (nSPS) is 12.1. The first-order valence-electron chi connectivity index (χ1n) is 7.69. The molecule has 0 aliphatic rings. The summed E-state index contributed by atoms with van der Waals surface area (Å²) in [6.07, 6.45) is 4.66. The van der Waals surface area contributed by atoms with Crippen molar-refractivity contribution in [3.63, 3.8) is 0 Å². The molecule has 0 atom stereocenters. The molecule has 0 aromatic heterocycles. The molecule has 0 aliphatic carbocycles. The van der Waals surface area contributed by atoms with Gasteiger partial charge in [0.15, 0.2) is 0 Å². The van der Waals surface area contributed by atoms with Gasteiger partial charge in [0.1, 0.15) is 0 Å². The maximum absolute atomic E-state index is 2.26. The minimum Gasteiger partial charge on any atom is -0.0651 e. The Labute approximate surface area is 123 Å². The second-order valence-corrected chi connectivity index (χ2v) is 5.19. The van der Waals surface area contributed by atoms with Crippen LogP contribution >= 0.6 is 0 Å². The largest absolute Gasteiger partial charge is 0.0651 e. The molecule has 0 bridgehead atoms. The van der Waals surface area contributed by atoms with E-state index in [9.17, 15) is 0 Å². The fourth-order valence-electron chi connectivity index (χ4n) is 2.72. The van der Waals surface area contributed by atoms with E-state index in [0.717, 1.165) is 12.8 Å². The molecule has 104 valence electrons. The highest BCUT2D eigenvalue weighted by Gasteiger charge is 2.10. The van der Waals surface area contributed by atoms with E-state index in [-0.39, 0.29) is 0 Å². The van der Waals surface area contributed by atoms with Gasteiger partial charge < -0.3 is 0 Å². The highest BCUT2D eigenvalue weighted by Crippen LogP contribution is 2.32. The Morgan fingerprint density at radius 1 is 0.600 bits per heavy atom. The predicted molar refractivity (Wildman–Crippen MR) is 89.5 cm³/mol. The quantitative estimate of drug-likeness (QED) is 0.545. The molecular weight excluding hydrogens is 240 g/mol. The van der Waals surface area contributed by atoms with Crippen molar-refractivity contribution < 1.29 is 0 Å². The molecule has 0 fully saturated rings. The number of allylic oxidation sites excluding steroid dienone is 2. The monoisotopic (exact) mass is 264 g/mol. The fourth-order valence-corrected chi connectivity index (χ4v) is 2.72. The summed E-state index contributed by atoms with van der Waals surface area (Å²) in [6.45, 7) is 4.52. The van der Waals surface area contributed by atoms with Gasteiger partial charge in [0.05, 0.1) is 0 Å². The third-order valence-corrected chi connectivity index (χ3v) is 3.61. The zero-order valence-corrected chi connectivity index (χ0v) is 12.6. The van der Waals surface area contributed by atoms with Crippen molar-refractivity contribution in [3.8, 4) is 0 Å². The van der Waals surface area contributed by atoms with Crippen LogP contribution in [0.3, 0.4) is 0 Å². The predicted octanol–water partition coefficient (Wildman–Crippen LogP) is 6.20. The van der Waals surface area contributed by atoms with Crippen LogP contribution in [-0.4, -0.2) is 0 Å². The average molecular weight is 264 g/mol. The van der Waals surface area contributed by atoms with Gasteiger partial charge in [-0.05, 0) is 35.1 Å². The van der Waals surface area contributed by atoms with Gasteiger partial charge in [-0.15, -0.1) is 0 Å². The molecule has 0 amide bonds. The number of hydrogen-bond donors (Lipinski definition) is 0. The van der Waals surface area contributed by atoms with Gasteiger partial charge in [0, 0.05) is 0 Å². The van der Waals surface area contributed by atoms with Crippen LogP contribution in [0.15, 0.2) is 60.7 Å². The molecule has 0 nitrogen and oxygen atoms in total. The van der Waals surface area contributed by atoms with Gasteiger partial charge in [0.25, 0.3) is 0 Å². The van der Waals surface area contributed by atoms with E-state index in [2.05, 4.69) is 74.5 Å². The third kappa shape index (κ3) is 3.60. The fraction of sp³-hybridized carbons (Fsp3) is 0.300. The van der Waals surface area contributed by atoms with Crippen molar-refractivity contribution >= 4 is 11.1 Å². The van der Waals surface area contributed by atoms with Crippen molar-refractivity contribution in [1.82, 2.24) is 0 Å². The van der Waals surface area contributed by atoms with Gasteiger partial charge in [0.2, 0.25) is 0 Å². The maximum atomic E-state index is 2.26. The molecule has 2 aromatic rings. The highest BCUT2D eigenvalue weighted by molar-refractivity contribution is 5.90. The first-order chi connectivity index (χ1) is 9.86. The smallest absolute Gasteiger partial charge is 0.0222 e. The van der Waals surface area contributed by atoms with Crippen molar-refractivity contribution in [2.24, 2.45) is 0 Å². The van der Waals surface area contributed by atoms with Crippen molar-refractivity contribution in [2.75, 3.05) is 0 Å². The average Bonchev–Trinajstić information content (AvgIpc) is 2.52. The summed E-state index contributed by atoms with van der Waals surface area (Å²) in [4.78, 5) is 0. The summed E-state index contributed by atoms with van der Waals surface area (Å²) >= 11 is 0. The lowest BCUT2D eigenvalue weighted by Gasteiger charge is -2.16. The van der Waals surface area contributed by atoms with Crippen LogP contribution in [0.4, 0.5) is 0 Å². The number of rotatable bonds is 6. The Morgan fingerprint density at radius 2 is 0.950 bits per heavy atom. The number of hydrogen-bond acceptors (Lipinski definition) is 0. The molecule has 0 radical (unpaired) electrons. The van der Waals surface area contributed by atoms with Crippen molar-refractivity contribution in [1.29, 1.82) is 0 Å². The molecule has 20 heavy (non-hydrogen) atoms. The van der Waals surface area contributed by atoms with E-state index < -0.39 is 0 Å². The molecule has 0 spiro atoms. The first kappa shape index (κ1) is 14.6. The molecule has 2 rings (SSSR count). The Hall–Kier alpha value is -1.82.